The molecule has 2 nitrogen and oxygen atoms in total. The van der Waals surface area contributed by atoms with Gasteiger partial charge in [0.25, 0.3) is 0 Å². The molecule has 1 aliphatic rings. The van der Waals surface area contributed by atoms with Gasteiger partial charge in [-0.05, 0) is 31.2 Å². The summed E-state index contributed by atoms with van der Waals surface area (Å²) in [5, 5.41) is 0. The largest absolute Gasteiger partial charge is 0.391 e. The molecule has 2 rings (SSSR count). The summed E-state index contributed by atoms with van der Waals surface area (Å²) < 4.78 is 38.8. The molecule has 2 N–H and O–H groups in total. The number of carbonyl (C=O) groups excluding carboxylic acids is 1. The Labute approximate surface area is 116 Å². The van der Waals surface area contributed by atoms with Crippen LogP contribution in [0.2, 0.25) is 0 Å². The summed E-state index contributed by atoms with van der Waals surface area (Å²) in [6.45, 7) is 0. The number of rotatable bonds is 3. The molecular weight excluding hydrogens is 267 g/mol. The lowest BCUT2D eigenvalue weighted by Gasteiger charge is -2.39. The number of halogens is 3. The highest BCUT2D eigenvalue weighted by atomic mass is 19.4. The van der Waals surface area contributed by atoms with Crippen LogP contribution in [-0.4, -0.2) is 12.1 Å². The highest BCUT2D eigenvalue weighted by molar-refractivity contribution is 5.81. The molecule has 2 atom stereocenters. The number of nitrogens with two attached hydrogens (primary N) is 1. The van der Waals surface area contributed by atoms with Crippen LogP contribution in [0.25, 0.3) is 0 Å². The Morgan fingerprint density at radius 2 is 1.95 bits per heavy atom. The third-order valence-electron chi connectivity index (χ3n) is 4.22. The van der Waals surface area contributed by atoms with Crippen LogP contribution in [0.1, 0.15) is 31.2 Å². The van der Waals surface area contributed by atoms with Crippen LogP contribution in [0.4, 0.5) is 13.2 Å². The van der Waals surface area contributed by atoms with E-state index in [0.29, 0.717) is 12.8 Å². The minimum atomic E-state index is -4.25. The van der Waals surface area contributed by atoms with Crippen molar-refractivity contribution < 1.29 is 18.0 Å². The molecule has 1 fully saturated rings. The number of benzene rings is 1. The topological polar surface area (TPSA) is 43.1 Å². The highest BCUT2D eigenvalue weighted by Gasteiger charge is 2.50. The number of alkyl halides is 3. The first-order valence-electron chi connectivity index (χ1n) is 6.74. The number of carbonyl (C=O) groups is 1. The van der Waals surface area contributed by atoms with E-state index in [9.17, 15) is 18.0 Å². The van der Waals surface area contributed by atoms with Crippen LogP contribution in [0, 0.1) is 11.3 Å². The predicted molar refractivity (Wildman–Crippen MR) is 69.8 cm³/mol. The Morgan fingerprint density at radius 3 is 2.50 bits per heavy atom. The molecule has 1 aromatic carbocycles. The third-order valence-corrected chi connectivity index (χ3v) is 4.22. The first kappa shape index (κ1) is 14.9. The van der Waals surface area contributed by atoms with Gasteiger partial charge in [0.05, 0.1) is 11.3 Å². The van der Waals surface area contributed by atoms with Crippen molar-refractivity contribution in [2.75, 3.05) is 0 Å². The van der Waals surface area contributed by atoms with Crippen molar-refractivity contribution in [3.05, 3.63) is 35.9 Å². The predicted octanol–water partition coefficient (Wildman–Crippen LogP) is 3.45. The molecule has 0 aliphatic heterocycles. The number of hydrogen-bond donors (Lipinski definition) is 1. The second-order valence-corrected chi connectivity index (χ2v) is 5.64. The Kier molecular flexibility index (Phi) is 4.06. The molecule has 1 aromatic rings. The summed E-state index contributed by atoms with van der Waals surface area (Å²) in [6.07, 6.45) is -3.24. The summed E-state index contributed by atoms with van der Waals surface area (Å²) in [5.41, 5.74) is 5.24. The monoisotopic (exact) mass is 285 g/mol. The first-order chi connectivity index (χ1) is 9.33. The minimum absolute atomic E-state index is 0.0906. The average molecular weight is 285 g/mol. The third kappa shape index (κ3) is 3.14. The van der Waals surface area contributed by atoms with Crippen molar-refractivity contribution >= 4 is 5.91 Å². The van der Waals surface area contributed by atoms with Crippen LogP contribution in [0.3, 0.4) is 0 Å². The molecule has 0 radical (unpaired) electrons. The maximum absolute atomic E-state index is 12.9. The molecule has 2 unspecified atom stereocenters. The molecular formula is C15H18F3NO. The van der Waals surface area contributed by atoms with Gasteiger partial charge in [0.2, 0.25) is 5.91 Å². The van der Waals surface area contributed by atoms with Gasteiger partial charge in [0.15, 0.2) is 0 Å². The number of amides is 1. The fourth-order valence-corrected chi connectivity index (χ4v) is 3.10. The normalized spacial score (nSPS) is 27.2. The van der Waals surface area contributed by atoms with E-state index in [0.717, 1.165) is 5.56 Å². The molecule has 0 aromatic heterocycles. The maximum atomic E-state index is 12.9. The lowest BCUT2D eigenvalue weighted by Crippen LogP contribution is -2.45. The SMILES string of the molecule is NC(=O)C1(Cc2ccccc2)CCCC(C(F)(F)F)C1. The summed E-state index contributed by atoms with van der Waals surface area (Å²) in [5.74, 6) is -2.04. The van der Waals surface area contributed by atoms with Gasteiger partial charge >= 0.3 is 6.18 Å². The molecule has 0 saturated heterocycles. The summed E-state index contributed by atoms with van der Waals surface area (Å²) in [7, 11) is 0. The van der Waals surface area contributed by atoms with E-state index < -0.39 is 23.4 Å². The van der Waals surface area contributed by atoms with E-state index in [2.05, 4.69) is 0 Å². The van der Waals surface area contributed by atoms with Gasteiger partial charge in [-0.25, -0.2) is 0 Å². The van der Waals surface area contributed by atoms with Gasteiger partial charge in [-0.15, -0.1) is 0 Å². The quantitative estimate of drug-likeness (QED) is 0.908. The Balaban J connectivity index is 2.24. The van der Waals surface area contributed by atoms with E-state index in [1.807, 2.05) is 30.3 Å². The second kappa shape index (κ2) is 5.46. The minimum Gasteiger partial charge on any atom is -0.369 e. The van der Waals surface area contributed by atoms with Crippen LogP contribution < -0.4 is 5.73 Å². The van der Waals surface area contributed by atoms with E-state index in [1.54, 1.807) is 0 Å². The Bertz CT molecular complexity index is 472. The summed E-state index contributed by atoms with van der Waals surface area (Å²) in [4.78, 5) is 11.8. The molecule has 0 heterocycles. The van der Waals surface area contributed by atoms with Crippen molar-refractivity contribution in [3.63, 3.8) is 0 Å². The molecule has 20 heavy (non-hydrogen) atoms. The van der Waals surface area contributed by atoms with Crippen molar-refractivity contribution in [1.29, 1.82) is 0 Å². The molecule has 0 bridgehead atoms. The Morgan fingerprint density at radius 1 is 1.30 bits per heavy atom. The van der Waals surface area contributed by atoms with Gasteiger partial charge in [0.1, 0.15) is 0 Å². The molecule has 0 spiro atoms. The standard InChI is InChI=1S/C15H18F3NO/c16-15(17,18)12-7-4-8-14(10-12,13(19)20)9-11-5-2-1-3-6-11/h1-3,5-6,12H,4,7-10H2,(H2,19,20). The smallest absolute Gasteiger partial charge is 0.369 e. The molecule has 1 amide bonds. The fraction of sp³-hybridized carbons (Fsp3) is 0.533. The highest BCUT2D eigenvalue weighted by Crippen LogP contribution is 2.47. The van der Waals surface area contributed by atoms with E-state index in [1.165, 1.54) is 0 Å². The van der Waals surface area contributed by atoms with E-state index in [-0.39, 0.29) is 19.3 Å². The Hall–Kier alpha value is -1.52. The van der Waals surface area contributed by atoms with Gasteiger partial charge in [-0.3, -0.25) is 4.79 Å². The van der Waals surface area contributed by atoms with Gasteiger partial charge < -0.3 is 5.73 Å². The zero-order valence-electron chi connectivity index (χ0n) is 11.1. The van der Waals surface area contributed by atoms with Crippen molar-refractivity contribution in [2.45, 2.75) is 38.3 Å². The lowest BCUT2D eigenvalue weighted by molar-refractivity contribution is -0.192. The van der Waals surface area contributed by atoms with Crippen molar-refractivity contribution in [2.24, 2.45) is 17.1 Å². The van der Waals surface area contributed by atoms with E-state index in [4.69, 9.17) is 5.73 Å². The molecule has 5 heteroatoms. The second-order valence-electron chi connectivity index (χ2n) is 5.64. The maximum Gasteiger partial charge on any atom is 0.391 e. The van der Waals surface area contributed by atoms with Crippen LogP contribution in [-0.2, 0) is 11.2 Å². The molecule has 1 saturated carbocycles. The zero-order chi connectivity index (χ0) is 14.8. The summed E-state index contributed by atoms with van der Waals surface area (Å²) >= 11 is 0. The van der Waals surface area contributed by atoms with Gasteiger partial charge in [0, 0.05) is 0 Å². The van der Waals surface area contributed by atoms with Crippen LogP contribution in [0.15, 0.2) is 30.3 Å². The zero-order valence-corrected chi connectivity index (χ0v) is 11.1. The van der Waals surface area contributed by atoms with Crippen LogP contribution in [0.5, 0.6) is 0 Å². The van der Waals surface area contributed by atoms with Crippen molar-refractivity contribution in [1.82, 2.24) is 0 Å². The molecule has 110 valence electrons. The average Bonchev–Trinajstić information content (AvgIpc) is 2.39. The first-order valence-corrected chi connectivity index (χ1v) is 6.74. The van der Waals surface area contributed by atoms with Crippen molar-refractivity contribution in [3.8, 4) is 0 Å². The van der Waals surface area contributed by atoms with E-state index >= 15 is 0 Å². The van der Waals surface area contributed by atoms with Gasteiger partial charge in [-0.2, -0.15) is 13.2 Å². The fourth-order valence-electron chi connectivity index (χ4n) is 3.10. The van der Waals surface area contributed by atoms with Gasteiger partial charge in [-0.1, -0.05) is 36.8 Å². The number of primary amides is 1. The summed E-state index contributed by atoms with van der Waals surface area (Å²) in [6, 6.07) is 9.10. The molecule has 1 aliphatic carbocycles. The lowest BCUT2D eigenvalue weighted by atomic mass is 9.66. The number of hydrogen-bond acceptors (Lipinski definition) is 1. The van der Waals surface area contributed by atoms with Crippen LogP contribution >= 0.6 is 0 Å².